The monoisotopic (exact) mass is 375 g/mol. The molecule has 1 aliphatic rings. The van der Waals surface area contributed by atoms with Gasteiger partial charge in [0.25, 0.3) is 5.91 Å². The van der Waals surface area contributed by atoms with Gasteiger partial charge in [-0.1, -0.05) is 35.9 Å². The van der Waals surface area contributed by atoms with Gasteiger partial charge in [0.2, 0.25) is 0 Å². The second kappa shape index (κ2) is 7.50. The molecule has 1 unspecified atom stereocenters. The first-order chi connectivity index (χ1) is 11.9. The van der Waals surface area contributed by atoms with Crippen LogP contribution in [0.25, 0.3) is 0 Å². The maximum Gasteiger partial charge on any atom is 0.320 e. The quantitative estimate of drug-likeness (QED) is 0.815. The molecule has 1 amide bonds. The highest BCUT2D eigenvalue weighted by molar-refractivity contribution is 8.01. The molecule has 0 saturated heterocycles. The maximum atomic E-state index is 12.2. The predicted molar refractivity (Wildman–Crippen MR) is 100 cm³/mol. The average Bonchev–Trinajstić information content (AvgIpc) is 3.00. The second-order valence-corrected chi connectivity index (χ2v) is 7.66. The SMILES string of the molecule is Cc1cc(C)c(NC(=O)COC(=O)C2Cc3ccccc3S2)c(Cl)c1. The first-order valence-corrected chi connectivity index (χ1v) is 9.17. The first-order valence-electron chi connectivity index (χ1n) is 7.92. The van der Waals surface area contributed by atoms with Crippen molar-refractivity contribution in [2.24, 2.45) is 0 Å². The van der Waals surface area contributed by atoms with Crippen LogP contribution in [0.4, 0.5) is 5.69 Å². The number of nitrogens with one attached hydrogen (secondary N) is 1. The predicted octanol–water partition coefficient (Wildman–Crippen LogP) is 4.16. The van der Waals surface area contributed by atoms with Gasteiger partial charge in [-0.15, -0.1) is 11.8 Å². The summed E-state index contributed by atoms with van der Waals surface area (Å²) in [6.45, 7) is 3.48. The van der Waals surface area contributed by atoms with Crippen molar-refractivity contribution >= 4 is 40.9 Å². The minimum absolute atomic E-state index is 0.296. The standard InChI is InChI=1S/C19H18ClNO3S/c1-11-7-12(2)18(14(20)8-11)21-17(22)10-24-19(23)16-9-13-5-3-4-6-15(13)25-16/h3-8,16H,9-10H2,1-2H3,(H,21,22). The molecule has 130 valence electrons. The molecular weight excluding hydrogens is 358 g/mol. The van der Waals surface area contributed by atoms with E-state index in [1.54, 1.807) is 6.07 Å². The van der Waals surface area contributed by atoms with Crippen LogP contribution in [0.2, 0.25) is 5.02 Å². The van der Waals surface area contributed by atoms with Crippen molar-refractivity contribution in [1.29, 1.82) is 0 Å². The molecule has 1 N–H and O–H groups in total. The number of esters is 1. The molecule has 0 radical (unpaired) electrons. The van der Waals surface area contributed by atoms with Crippen LogP contribution < -0.4 is 5.32 Å². The van der Waals surface area contributed by atoms with Crippen LogP contribution in [0.1, 0.15) is 16.7 Å². The Labute approximate surface area is 155 Å². The molecule has 3 rings (SSSR count). The maximum absolute atomic E-state index is 12.2. The van der Waals surface area contributed by atoms with Crippen molar-refractivity contribution in [2.45, 2.75) is 30.4 Å². The molecule has 2 aromatic carbocycles. The van der Waals surface area contributed by atoms with E-state index in [9.17, 15) is 9.59 Å². The van der Waals surface area contributed by atoms with Gasteiger partial charge >= 0.3 is 5.97 Å². The van der Waals surface area contributed by atoms with Gasteiger partial charge in [-0.05, 0) is 49.1 Å². The molecule has 0 aliphatic carbocycles. The number of carbonyl (C=O) groups excluding carboxylic acids is 2. The van der Waals surface area contributed by atoms with Crippen LogP contribution in [0.3, 0.4) is 0 Å². The van der Waals surface area contributed by atoms with Crippen molar-refractivity contribution in [1.82, 2.24) is 0 Å². The van der Waals surface area contributed by atoms with E-state index in [4.69, 9.17) is 16.3 Å². The number of carbonyl (C=O) groups is 2. The van der Waals surface area contributed by atoms with Gasteiger partial charge in [0.05, 0.1) is 10.7 Å². The molecule has 0 saturated carbocycles. The fourth-order valence-electron chi connectivity index (χ4n) is 2.79. The number of aryl methyl sites for hydroxylation is 2. The van der Waals surface area contributed by atoms with E-state index >= 15 is 0 Å². The number of rotatable bonds is 4. The van der Waals surface area contributed by atoms with Gasteiger partial charge in [0.1, 0.15) is 5.25 Å². The number of thioether (sulfide) groups is 1. The molecule has 0 aromatic heterocycles. The molecule has 2 aromatic rings. The molecule has 1 heterocycles. The lowest BCUT2D eigenvalue weighted by Gasteiger charge is -2.13. The molecule has 6 heteroatoms. The highest BCUT2D eigenvalue weighted by Crippen LogP contribution is 2.37. The lowest BCUT2D eigenvalue weighted by Crippen LogP contribution is -2.26. The van der Waals surface area contributed by atoms with E-state index < -0.39 is 5.91 Å². The van der Waals surface area contributed by atoms with E-state index in [2.05, 4.69) is 5.32 Å². The Balaban J connectivity index is 1.54. The molecule has 0 spiro atoms. The second-order valence-electron chi connectivity index (χ2n) is 6.01. The Kier molecular flexibility index (Phi) is 5.35. The fraction of sp³-hybridized carbons (Fsp3) is 0.263. The molecule has 25 heavy (non-hydrogen) atoms. The fourth-order valence-corrected chi connectivity index (χ4v) is 4.35. The summed E-state index contributed by atoms with van der Waals surface area (Å²) < 4.78 is 5.18. The topological polar surface area (TPSA) is 55.4 Å². The smallest absolute Gasteiger partial charge is 0.320 e. The summed E-state index contributed by atoms with van der Waals surface area (Å²) in [5.74, 6) is -0.772. The van der Waals surface area contributed by atoms with Gasteiger partial charge in [-0.2, -0.15) is 0 Å². The van der Waals surface area contributed by atoms with Crippen molar-refractivity contribution in [3.63, 3.8) is 0 Å². The molecule has 4 nitrogen and oxygen atoms in total. The highest BCUT2D eigenvalue weighted by atomic mass is 35.5. The van der Waals surface area contributed by atoms with Gasteiger partial charge in [0.15, 0.2) is 6.61 Å². The Morgan fingerprint density at radius 3 is 2.76 bits per heavy atom. The summed E-state index contributed by atoms with van der Waals surface area (Å²) >= 11 is 7.65. The number of fused-ring (bicyclic) bond motifs is 1. The molecular formula is C19H18ClNO3S. The van der Waals surface area contributed by atoms with Crippen LogP contribution in [0.5, 0.6) is 0 Å². The number of benzene rings is 2. The third-order valence-corrected chi connectivity index (χ3v) is 5.55. The first kappa shape index (κ1) is 17.8. The van der Waals surface area contributed by atoms with E-state index in [0.717, 1.165) is 21.6 Å². The largest absolute Gasteiger partial charge is 0.455 e. The summed E-state index contributed by atoms with van der Waals surface area (Å²) in [6, 6.07) is 11.6. The van der Waals surface area contributed by atoms with Crippen LogP contribution >= 0.6 is 23.4 Å². The van der Waals surface area contributed by atoms with E-state index in [-0.39, 0.29) is 17.8 Å². The number of amides is 1. The van der Waals surface area contributed by atoms with Crippen LogP contribution in [-0.4, -0.2) is 23.7 Å². The van der Waals surface area contributed by atoms with Crippen molar-refractivity contribution in [3.05, 3.63) is 58.1 Å². The molecule has 1 atom stereocenters. The number of halogens is 1. The number of hydrogen-bond acceptors (Lipinski definition) is 4. The number of ether oxygens (including phenoxy) is 1. The summed E-state index contributed by atoms with van der Waals surface area (Å²) in [5, 5.41) is 2.89. The molecule has 1 aliphatic heterocycles. The summed E-state index contributed by atoms with van der Waals surface area (Å²) in [7, 11) is 0. The third-order valence-electron chi connectivity index (χ3n) is 3.95. The molecule has 0 fully saturated rings. The van der Waals surface area contributed by atoms with Crippen LogP contribution in [-0.2, 0) is 20.7 Å². The van der Waals surface area contributed by atoms with Crippen LogP contribution in [0.15, 0.2) is 41.3 Å². The summed E-state index contributed by atoms with van der Waals surface area (Å²) in [5.41, 5.74) is 3.58. The minimum atomic E-state index is -0.400. The van der Waals surface area contributed by atoms with Gasteiger partial charge < -0.3 is 10.1 Å². The lowest BCUT2D eigenvalue weighted by atomic mass is 10.1. The number of hydrogen-bond donors (Lipinski definition) is 1. The average molecular weight is 376 g/mol. The summed E-state index contributed by atoms with van der Waals surface area (Å²) in [6.07, 6.45) is 0.629. The van der Waals surface area contributed by atoms with Crippen molar-refractivity contribution < 1.29 is 14.3 Å². The van der Waals surface area contributed by atoms with Gasteiger partial charge in [-0.3, -0.25) is 9.59 Å². The third kappa shape index (κ3) is 4.17. The Hall–Kier alpha value is -1.98. The van der Waals surface area contributed by atoms with E-state index in [1.165, 1.54) is 11.8 Å². The zero-order valence-electron chi connectivity index (χ0n) is 14.0. The Morgan fingerprint density at radius 2 is 2.04 bits per heavy atom. The Bertz CT molecular complexity index is 789. The van der Waals surface area contributed by atoms with Crippen molar-refractivity contribution in [2.75, 3.05) is 11.9 Å². The number of anilines is 1. The summed E-state index contributed by atoms with van der Waals surface area (Å²) in [4.78, 5) is 25.4. The van der Waals surface area contributed by atoms with Gasteiger partial charge in [0, 0.05) is 4.90 Å². The highest BCUT2D eigenvalue weighted by Gasteiger charge is 2.29. The zero-order chi connectivity index (χ0) is 18.0. The molecule has 0 bridgehead atoms. The minimum Gasteiger partial charge on any atom is -0.455 e. The Morgan fingerprint density at radius 1 is 1.28 bits per heavy atom. The lowest BCUT2D eigenvalue weighted by molar-refractivity contribution is -0.146. The van der Waals surface area contributed by atoms with E-state index in [0.29, 0.717) is 17.1 Å². The van der Waals surface area contributed by atoms with Crippen molar-refractivity contribution in [3.8, 4) is 0 Å². The van der Waals surface area contributed by atoms with Gasteiger partial charge in [-0.25, -0.2) is 0 Å². The van der Waals surface area contributed by atoms with E-state index in [1.807, 2.05) is 44.2 Å². The van der Waals surface area contributed by atoms with Crippen LogP contribution in [0, 0.1) is 13.8 Å². The zero-order valence-corrected chi connectivity index (χ0v) is 15.5. The normalized spacial score (nSPS) is 15.6.